The van der Waals surface area contributed by atoms with Gasteiger partial charge in [0, 0.05) is 25.5 Å². The normalized spacial score (nSPS) is 17.3. The van der Waals surface area contributed by atoms with Gasteiger partial charge in [0.25, 0.3) is 11.8 Å². The Morgan fingerprint density at radius 3 is 2.92 bits per heavy atom. The van der Waals surface area contributed by atoms with Crippen LogP contribution in [0.5, 0.6) is 17.2 Å². The van der Waals surface area contributed by atoms with E-state index in [4.69, 9.17) is 25.8 Å². The molecule has 0 aliphatic carbocycles. The first-order valence-corrected chi connectivity index (χ1v) is 13.2. The van der Waals surface area contributed by atoms with Crippen LogP contribution in [-0.2, 0) is 11.2 Å². The van der Waals surface area contributed by atoms with E-state index in [1.807, 2.05) is 41.3 Å². The minimum Gasteiger partial charge on any atom is -0.494 e. The molecule has 0 fully saturated rings. The van der Waals surface area contributed by atoms with Crippen LogP contribution in [0.4, 0.5) is 0 Å². The summed E-state index contributed by atoms with van der Waals surface area (Å²) in [5, 5.41) is 3.41. The molecule has 2 aromatic heterocycles. The summed E-state index contributed by atoms with van der Waals surface area (Å²) in [5.74, 6) is 1.27. The van der Waals surface area contributed by atoms with E-state index < -0.39 is 6.04 Å². The lowest BCUT2D eigenvalue weighted by Gasteiger charge is -2.38. The average Bonchev–Trinajstić information content (AvgIpc) is 3.37. The number of pyridine rings is 1. The summed E-state index contributed by atoms with van der Waals surface area (Å²) in [7, 11) is 1.56. The Balaban J connectivity index is 1.46. The predicted molar refractivity (Wildman–Crippen MR) is 145 cm³/mol. The van der Waals surface area contributed by atoms with Crippen LogP contribution >= 0.6 is 11.6 Å². The molecule has 2 amide bonds. The SMILES string of the molecule is COc1cc2c3cc1OCC(=O)NCCCOc1cccc(c1)C2N(C(=O)c1cn2cc(Cl)ccc2n1)CC3. The van der Waals surface area contributed by atoms with Crippen molar-refractivity contribution in [2.45, 2.75) is 18.9 Å². The van der Waals surface area contributed by atoms with E-state index in [2.05, 4.69) is 10.3 Å². The van der Waals surface area contributed by atoms with Gasteiger partial charge in [-0.2, -0.15) is 0 Å². The molecular formula is C29H27ClN4O5. The van der Waals surface area contributed by atoms with Crippen molar-refractivity contribution in [3.8, 4) is 17.2 Å². The van der Waals surface area contributed by atoms with E-state index in [0.29, 0.717) is 66.2 Å². The summed E-state index contributed by atoms with van der Waals surface area (Å²) >= 11 is 6.15. The third kappa shape index (κ3) is 4.97. The largest absolute Gasteiger partial charge is 0.494 e. The van der Waals surface area contributed by atoms with Gasteiger partial charge in [0.15, 0.2) is 18.1 Å². The van der Waals surface area contributed by atoms with Crippen LogP contribution in [0.1, 0.15) is 39.6 Å². The second kappa shape index (κ2) is 10.5. The molecule has 39 heavy (non-hydrogen) atoms. The zero-order valence-electron chi connectivity index (χ0n) is 21.4. The first kappa shape index (κ1) is 25.1. The van der Waals surface area contributed by atoms with Gasteiger partial charge in [0.2, 0.25) is 0 Å². The maximum atomic E-state index is 14.0. The average molecular weight is 547 g/mol. The van der Waals surface area contributed by atoms with E-state index >= 15 is 0 Å². The lowest BCUT2D eigenvalue weighted by molar-refractivity contribution is -0.123. The lowest BCUT2D eigenvalue weighted by Crippen LogP contribution is -2.41. The molecule has 4 aromatic rings. The van der Waals surface area contributed by atoms with E-state index in [1.54, 1.807) is 36.0 Å². The van der Waals surface area contributed by atoms with Crippen molar-refractivity contribution in [2.75, 3.05) is 33.4 Å². The Hall–Kier alpha value is -4.24. The van der Waals surface area contributed by atoms with Crippen LogP contribution in [0.3, 0.4) is 0 Å². The summed E-state index contributed by atoms with van der Waals surface area (Å²) in [4.78, 5) is 32.7. The van der Waals surface area contributed by atoms with Crippen LogP contribution in [0.15, 0.2) is 60.9 Å². The summed E-state index contributed by atoms with van der Waals surface area (Å²) in [6, 6.07) is 14.7. The highest BCUT2D eigenvalue weighted by Crippen LogP contribution is 2.42. The van der Waals surface area contributed by atoms with Crippen molar-refractivity contribution >= 4 is 29.1 Å². The van der Waals surface area contributed by atoms with E-state index in [9.17, 15) is 9.59 Å². The number of amides is 2. The van der Waals surface area contributed by atoms with Crippen molar-refractivity contribution < 1.29 is 23.8 Å². The van der Waals surface area contributed by atoms with Crippen molar-refractivity contribution in [3.63, 3.8) is 0 Å². The molecule has 6 bridgehead atoms. The number of nitrogens with one attached hydrogen (secondary N) is 1. The number of nitrogens with zero attached hydrogens (tertiary/aromatic N) is 3. The van der Waals surface area contributed by atoms with Crippen molar-refractivity contribution in [3.05, 3.63) is 88.3 Å². The molecule has 1 N–H and O–H groups in total. The van der Waals surface area contributed by atoms with Gasteiger partial charge in [-0.3, -0.25) is 9.59 Å². The Morgan fingerprint density at radius 1 is 1.15 bits per heavy atom. The fourth-order valence-electron chi connectivity index (χ4n) is 5.15. The molecule has 7 rings (SSSR count). The Bertz CT molecular complexity index is 1570. The fourth-order valence-corrected chi connectivity index (χ4v) is 5.32. The third-order valence-corrected chi connectivity index (χ3v) is 7.22. The first-order chi connectivity index (χ1) is 19.0. The minimum atomic E-state index is -0.419. The third-order valence-electron chi connectivity index (χ3n) is 6.99. The molecule has 1 atom stereocenters. The fraction of sp³-hybridized carbons (Fsp3) is 0.276. The van der Waals surface area contributed by atoms with E-state index in [1.165, 1.54) is 0 Å². The molecule has 5 heterocycles. The van der Waals surface area contributed by atoms with Crippen LogP contribution in [-0.4, -0.2) is 59.5 Å². The van der Waals surface area contributed by atoms with Crippen LogP contribution in [0.2, 0.25) is 5.02 Å². The summed E-state index contributed by atoms with van der Waals surface area (Å²) < 4.78 is 19.3. The van der Waals surface area contributed by atoms with Gasteiger partial charge in [-0.1, -0.05) is 23.7 Å². The number of carbonyl (C=O) groups is 2. The summed E-state index contributed by atoms with van der Waals surface area (Å²) in [6.45, 7) is 1.25. The number of carbonyl (C=O) groups excluding carboxylic acids is 2. The summed E-state index contributed by atoms with van der Waals surface area (Å²) in [5.41, 5.74) is 3.81. The van der Waals surface area contributed by atoms with Crippen molar-refractivity contribution in [1.29, 1.82) is 0 Å². The number of halogens is 1. The monoisotopic (exact) mass is 546 g/mol. The lowest BCUT2D eigenvalue weighted by atomic mass is 9.87. The number of aromatic nitrogens is 2. The number of imidazole rings is 1. The number of hydrogen-bond acceptors (Lipinski definition) is 6. The van der Waals surface area contributed by atoms with Gasteiger partial charge in [-0.15, -0.1) is 0 Å². The maximum absolute atomic E-state index is 14.0. The van der Waals surface area contributed by atoms with Crippen molar-refractivity contribution in [1.82, 2.24) is 19.6 Å². The van der Waals surface area contributed by atoms with Crippen LogP contribution in [0.25, 0.3) is 5.65 Å². The molecule has 0 spiro atoms. The Kier molecular flexibility index (Phi) is 6.74. The number of rotatable bonds is 2. The minimum absolute atomic E-state index is 0.124. The first-order valence-electron chi connectivity index (χ1n) is 12.8. The maximum Gasteiger partial charge on any atom is 0.274 e. The molecule has 200 valence electrons. The van der Waals surface area contributed by atoms with Crippen LogP contribution in [0, 0.1) is 0 Å². The zero-order valence-corrected chi connectivity index (χ0v) is 22.1. The molecule has 0 radical (unpaired) electrons. The number of methoxy groups -OCH3 is 1. The highest BCUT2D eigenvalue weighted by atomic mass is 35.5. The highest BCUT2D eigenvalue weighted by molar-refractivity contribution is 6.30. The molecule has 9 nitrogen and oxygen atoms in total. The smallest absolute Gasteiger partial charge is 0.274 e. The Labute approximate surface area is 230 Å². The Morgan fingerprint density at radius 2 is 2.05 bits per heavy atom. The van der Waals surface area contributed by atoms with Crippen LogP contribution < -0.4 is 19.5 Å². The van der Waals surface area contributed by atoms with Gasteiger partial charge >= 0.3 is 0 Å². The van der Waals surface area contributed by atoms with Gasteiger partial charge < -0.3 is 28.8 Å². The molecule has 2 aromatic carbocycles. The highest BCUT2D eigenvalue weighted by Gasteiger charge is 2.35. The molecule has 0 saturated heterocycles. The van der Waals surface area contributed by atoms with Gasteiger partial charge in [0.05, 0.1) is 24.8 Å². The molecular weight excluding hydrogens is 520 g/mol. The molecule has 0 saturated carbocycles. The number of benzene rings is 2. The topological polar surface area (TPSA) is 94.4 Å². The quantitative estimate of drug-likeness (QED) is 0.407. The van der Waals surface area contributed by atoms with Gasteiger partial charge in [0.1, 0.15) is 17.1 Å². The molecule has 3 aliphatic rings. The van der Waals surface area contributed by atoms with Gasteiger partial charge in [-0.25, -0.2) is 4.98 Å². The molecule has 1 unspecified atom stereocenters. The zero-order chi connectivity index (χ0) is 26.9. The van der Waals surface area contributed by atoms with E-state index in [0.717, 1.165) is 16.7 Å². The molecule has 3 aliphatic heterocycles. The second-order valence-corrected chi connectivity index (χ2v) is 9.94. The number of ether oxygens (including phenoxy) is 3. The predicted octanol–water partition coefficient (Wildman–Crippen LogP) is 4.06. The van der Waals surface area contributed by atoms with Gasteiger partial charge in [-0.05, 0) is 65.9 Å². The van der Waals surface area contributed by atoms with Crippen molar-refractivity contribution in [2.24, 2.45) is 0 Å². The summed E-state index contributed by atoms with van der Waals surface area (Å²) in [6.07, 6.45) is 4.67. The second-order valence-electron chi connectivity index (χ2n) is 9.51. The number of fused-ring (bicyclic) bond motifs is 9. The standard InChI is InChI=1S/C29H27ClN4O5/c1-37-24-14-22-18-8-10-34(29(36)23-16-33-15-20(30)6-7-26(33)32-23)28(22)19-4-2-5-21(12-19)38-11-3-9-31-27(35)17-39-25(24)13-18/h2,4-7,12-16,28H,3,8-11,17H2,1H3,(H,31,35). The number of hydrogen-bond donors (Lipinski definition) is 1. The molecule has 10 heteroatoms. The van der Waals surface area contributed by atoms with E-state index in [-0.39, 0.29) is 18.4 Å².